The molecule has 3 rings (SSSR count). The Kier molecular flexibility index (Phi) is 2.26. The predicted molar refractivity (Wildman–Crippen MR) is 64.8 cm³/mol. The van der Waals surface area contributed by atoms with Gasteiger partial charge < -0.3 is 9.40 Å². The van der Waals surface area contributed by atoms with Crippen LogP contribution in [-0.2, 0) is 0 Å². The first-order chi connectivity index (χ1) is 8.63. The van der Waals surface area contributed by atoms with Gasteiger partial charge in [0, 0.05) is 11.1 Å². The van der Waals surface area contributed by atoms with E-state index in [-0.39, 0.29) is 5.58 Å². The number of nitrogens with zero attached hydrogens (tertiary/aromatic N) is 1. The molecule has 0 spiro atoms. The van der Waals surface area contributed by atoms with E-state index in [4.69, 9.17) is 4.42 Å². The minimum absolute atomic E-state index is 0.173. The van der Waals surface area contributed by atoms with Gasteiger partial charge >= 0.3 is 5.69 Å². The number of hydrogen-bond acceptors (Lipinski definition) is 3. The van der Waals surface area contributed by atoms with Crippen LogP contribution >= 0.6 is 0 Å². The number of rotatable bonds is 1. The molecule has 1 aromatic carbocycles. The van der Waals surface area contributed by atoms with Crippen LogP contribution in [0.4, 0.5) is 4.39 Å². The van der Waals surface area contributed by atoms with Crippen molar-refractivity contribution in [2.24, 2.45) is 0 Å². The molecule has 0 aliphatic rings. The first-order valence-corrected chi connectivity index (χ1v) is 5.40. The van der Waals surface area contributed by atoms with Crippen LogP contribution in [0.15, 0.2) is 39.5 Å². The molecule has 0 aliphatic heterocycles. The fraction of sp³-hybridized carbons (Fsp3) is 0.0769. The SMILES string of the molecule is Cc1cc(-c2cc3cccc(F)c3o2)nc(=O)[nH]1. The first kappa shape index (κ1) is 10.7. The van der Waals surface area contributed by atoms with E-state index < -0.39 is 11.5 Å². The minimum Gasteiger partial charge on any atom is -0.451 e. The van der Waals surface area contributed by atoms with Crippen molar-refractivity contribution in [2.75, 3.05) is 0 Å². The molecule has 2 heterocycles. The second-order valence-corrected chi connectivity index (χ2v) is 4.02. The standard InChI is InChI=1S/C13H9FN2O2/c1-7-5-10(16-13(17)15-7)11-6-8-3-2-4-9(14)12(8)18-11/h2-6H,1H3,(H,15,16,17). The van der Waals surface area contributed by atoms with E-state index >= 15 is 0 Å². The van der Waals surface area contributed by atoms with Crippen molar-refractivity contribution in [2.45, 2.75) is 6.92 Å². The molecule has 2 aromatic heterocycles. The minimum atomic E-state index is -0.453. The Bertz CT molecular complexity index is 789. The van der Waals surface area contributed by atoms with Gasteiger partial charge in [0.25, 0.3) is 0 Å². The van der Waals surface area contributed by atoms with Gasteiger partial charge in [0.2, 0.25) is 0 Å². The number of H-pyrrole nitrogens is 1. The second kappa shape index (κ2) is 3.80. The molecule has 0 radical (unpaired) electrons. The van der Waals surface area contributed by atoms with E-state index in [1.54, 1.807) is 31.2 Å². The Morgan fingerprint density at radius 2 is 2.17 bits per heavy atom. The van der Waals surface area contributed by atoms with Gasteiger partial charge in [-0.25, -0.2) is 9.18 Å². The lowest BCUT2D eigenvalue weighted by molar-refractivity contribution is 0.567. The smallest absolute Gasteiger partial charge is 0.345 e. The number of aryl methyl sites for hydroxylation is 1. The Hall–Kier alpha value is -2.43. The molecule has 18 heavy (non-hydrogen) atoms. The van der Waals surface area contributed by atoms with E-state index in [9.17, 15) is 9.18 Å². The molecule has 0 bridgehead atoms. The third kappa shape index (κ3) is 1.69. The number of aromatic amines is 1. The summed E-state index contributed by atoms with van der Waals surface area (Å²) in [6, 6.07) is 8.02. The van der Waals surface area contributed by atoms with Crippen LogP contribution in [-0.4, -0.2) is 9.97 Å². The summed E-state index contributed by atoms with van der Waals surface area (Å²) < 4.78 is 18.9. The summed E-state index contributed by atoms with van der Waals surface area (Å²) in [7, 11) is 0. The van der Waals surface area contributed by atoms with Crippen LogP contribution in [0.2, 0.25) is 0 Å². The van der Waals surface area contributed by atoms with Crippen molar-refractivity contribution in [1.82, 2.24) is 9.97 Å². The van der Waals surface area contributed by atoms with Gasteiger partial charge in [0.15, 0.2) is 17.2 Å². The first-order valence-electron chi connectivity index (χ1n) is 5.40. The summed E-state index contributed by atoms with van der Waals surface area (Å²) >= 11 is 0. The van der Waals surface area contributed by atoms with Gasteiger partial charge in [0.05, 0.1) is 0 Å². The number of halogens is 1. The van der Waals surface area contributed by atoms with Crippen LogP contribution in [0.1, 0.15) is 5.69 Å². The van der Waals surface area contributed by atoms with E-state index in [1.165, 1.54) is 6.07 Å². The molecular formula is C13H9FN2O2. The van der Waals surface area contributed by atoms with Crippen molar-refractivity contribution in [3.05, 3.63) is 52.3 Å². The summed E-state index contributed by atoms with van der Waals surface area (Å²) in [6.45, 7) is 1.75. The quantitative estimate of drug-likeness (QED) is 0.715. The lowest BCUT2D eigenvalue weighted by Gasteiger charge is -1.96. The fourth-order valence-corrected chi connectivity index (χ4v) is 1.86. The molecule has 1 N–H and O–H groups in total. The number of fused-ring (bicyclic) bond motifs is 1. The average Bonchev–Trinajstić information content (AvgIpc) is 2.73. The van der Waals surface area contributed by atoms with Crippen LogP contribution in [0, 0.1) is 12.7 Å². The third-order valence-electron chi connectivity index (χ3n) is 2.63. The van der Waals surface area contributed by atoms with Gasteiger partial charge in [-0.15, -0.1) is 0 Å². The van der Waals surface area contributed by atoms with Crippen molar-refractivity contribution in [1.29, 1.82) is 0 Å². The Labute approximate surface area is 101 Å². The second-order valence-electron chi connectivity index (χ2n) is 4.02. The van der Waals surface area contributed by atoms with Gasteiger partial charge in [-0.2, -0.15) is 4.98 Å². The monoisotopic (exact) mass is 244 g/mol. The molecule has 90 valence electrons. The highest BCUT2D eigenvalue weighted by Crippen LogP contribution is 2.27. The van der Waals surface area contributed by atoms with Crippen LogP contribution in [0.3, 0.4) is 0 Å². The van der Waals surface area contributed by atoms with Crippen molar-refractivity contribution in [3.8, 4) is 11.5 Å². The highest BCUT2D eigenvalue weighted by molar-refractivity contribution is 5.82. The predicted octanol–water partition coefficient (Wildman–Crippen LogP) is 2.63. The number of hydrogen-bond donors (Lipinski definition) is 1. The maximum atomic E-state index is 13.5. The maximum Gasteiger partial charge on any atom is 0.345 e. The van der Waals surface area contributed by atoms with E-state index in [0.29, 0.717) is 22.5 Å². The molecule has 0 aliphatic carbocycles. The maximum absolute atomic E-state index is 13.5. The molecule has 0 amide bonds. The number of aromatic nitrogens is 2. The number of furan rings is 1. The summed E-state index contributed by atoms with van der Waals surface area (Å²) in [5.41, 5.74) is 0.788. The summed E-state index contributed by atoms with van der Waals surface area (Å²) in [6.07, 6.45) is 0. The topological polar surface area (TPSA) is 58.9 Å². The molecule has 0 saturated heterocycles. The zero-order valence-electron chi connectivity index (χ0n) is 9.53. The molecule has 0 unspecified atom stereocenters. The molecule has 4 nitrogen and oxygen atoms in total. The van der Waals surface area contributed by atoms with Crippen molar-refractivity contribution < 1.29 is 8.81 Å². The summed E-state index contributed by atoms with van der Waals surface area (Å²) in [4.78, 5) is 17.6. The highest BCUT2D eigenvalue weighted by atomic mass is 19.1. The Morgan fingerprint density at radius 1 is 1.33 bits per heavy atom. The molecule has 0 fully saturated rings. The van der Waals surface area contributed by atoms with Gasteiger partial charge in [0.1, 0.15) is 5.69 Å². The van der Waals surface area contributed by atoms with E-state index in [1.807, 2.05) is 0 Å². The Balaban J connectivity index is 2.25. The molecule has 0 saturated carbocycles. The fourth-order valence-electron chi connectivity index (χ4n) is 1.86. The summed E-state index contributed by atoms with van der Waals surface area (Å²) in [5, 5.41) is 0.643. The van der Waals surface area contributed by atoms with Crippen LogP contribution in [0.25, 0.3) is 22.4 Å². The lowest BCUT2D eigenvalue weighted by atomic mass is 10.2. The van der Waals surface area contributed by atoms with Gasteiger partial charge in [-0.05, 0) is 25.1 Å². The largest absolute Gasteiger partial charge is 0.451 e. The van der Waals surface area contributed by atoms with Crippen LogP contribution in [0.5, 0.6) is 0 Å². The van der Waals surface area contributed by atoms with Gasteiger partial charge in [-0.3, -0.25) is 0 Å². The summed E-state index contributed by atoms with van der Waals surface area (Å²) in [5.74, 6) is -0.0513. The normalized spacial score (nSPS) is 11.0. The molecule has 0 atom stereocenters. The average molecular weight is 244 g/mol. The highest BCUT2D eigenvalue weighted by Gasteiger charge is 2.11. The lowest BCUT2D eigenvalue weighted by Crippen LogP contribution is -2.11. The number of para-hydroxylation sites is 1. The van der Waals surface area contributed by atoms with E-state index in [2.05, 4.69) is 9.97 Å². The molecular weight excluding hydrogens is 235 g/mol. The zero-order valence-corrected chi connectivity index (χ0v) is 9.53. The molecule has 3 aromatic rings. The molecule has 5 heteroatoms. The Morgan fingerprint density at radius 3 is 2.89 bits per heavy atom. The van der Waals surface area contributed by atoms with Crippen molar-refractivity contribution >= 4 is 11.0 Å². The third-order valence-corrected chi connectivity index (χ3v) is 2.63. The zero-order chi connectivity index (χ0) is 12.7. The van der Waals surface area contributed by atoms with Crippen molar-refractivity contribution in [3.63, 3.8) is 0 Å². The van der Waals surface area contributed by atoms with E-state index in [0.717, 1.165) is 0 Å². The van der Waals surface area contributed by atoms with Crippen LogP contribution < -0.4 is 5.69 Å². The number of benzene rings is 1. The number of nitrogens with one attached hydrogen (secondary N) is 1. The van der Waals surface area contributed by atoms with Gasteiger partial charge in [-0.1, -0.05) is 12.1 Å².